The Hall–Kier alpha value is -1.82. The number of ether oxygens (including phenoxy) is 1. The summed E-state index contributed by atoms with van der Waals surface area (Å²) < 4.78 is 10.3. The molecule has 1 aliphatic heterocycles. The average Bonchev–Trinajstić information content (AvgIpc) is 2.78. The summed E-state index contributed by atoms with van der Waals surface area (Å²) >= 11 is 0. The van der Waals surface area contributed by atoms with E-state index in [2.05, 4.69) is 15.0 Å². The van der Waals surface area contributed by atoms with Crippen molar-refractivity contribution in [1.82, 2.24) is 10.2 Å². The van der Waals surface area contributed by atoms with Crippen LogP contribution in [-0.2, 0) is 16.1 Å². The summed E-state index contributed by atoms with van der Waals surface area (Å²) in [7, 11) is 1.34. The van der Waals surface area contributed by atoms with Gasteiger partial charge in [0.1, 0.15) is 5.76 Å². The van der Waals surface area contributed by atoms with Gasteiger partial charge in [0.15, 0.2) is 0 Å². The molecule has 2 rings (SSSR count). The van der Waals surface area contributed by atoms with Crippen LogP contribution in [0.4, 0.5) is 0 Å². The molecule has 6 nitrogen and oxygen atoms in total. The Morgan fingerprint density at radius 1 is 1.52 bits per heavy atom. The number of nitrogens with zero attached hydrogens (tertiary/aromatic N) is 1. The summed E-state index contributed by atoms with van der Waals surface area (Å²) in [5, 5.41) is 2.96. The molecule has 1 atom stereocenters. The molecule has 21 heavy (non-hydrogen) atoms. The maximum Gasteiger partial charge on any atom is 0.374 e. The highest BCUT2D eigenvalue weighted by Gasteiger charge is 2.23. The second kappa shape index (κ2) is 6.76. The van der Waals surface area contributed by atoms with Crippen molar-refractivity contribution in [1.29, 1.82) is 0 Å². The van der Waals surface area contributed by atoms with E-state index in [1.54, 1.807) is 0 Å². The fourth-order valence-electron chi connectivity index (χ4n) is 2.75. The Kier molecular flexibility index (Phi) is 5.01. The first kappa shape index (κ1) is 15.6. The molecule has 1 aromatic heterocycles. The topological polar surface area (TPSA) is 71.8 Å². The average molecular weight is 294 g/mol. The smallest absolute Gasteiger partial charge is 0.374 e. The summed E-state index contributed by atoms with van der Waals surface area (Å²) in [5.74, 6) is 0.566. The molecule has 0 saturated carbocycles. The molecular formula is C15H22N2O4. The number of methoxy groups -OCH3 is 1. The van der Waals surface area contributed by atoms with Crippen LogP contribution in [0.15, 0.2) is 10.5 Å². The van der Waals surface area contributed by atoms with E-state index in [-0.39, 0.29) is 17.7 Å². The maximum absolute atomic E-state index is 11.5. The van der Waals surface area contributed by atoms with Crippen LogP contribution < -0.4 is 5.32 Å². The minimum Gasteiger partial charge on any atom is -0.463 e. The molecule has 0 bridgehead atoms. The second-order valence-electron chi connectivity index (χ2n) is 5.49. The lowest BCUT2D eigenvalue weighted by molar-refractivity contribution is -0.120. The molecule has 0 unspecified atom stereocenters. The number of hydrogen-bond donors (Lipinski definition) is 1. The Morgan fingerprint density at radius 3 is 2.95 bits per heavy atom. The minimum atomic E-state index is -0.450. The van der Waals surface area contributed by atoms with E-state index in [1.807, 2.05) is 13.0 Å². The SMILES string of the molecule is COC(=O)c1oc(CN2CCC[C@H](NC(C)=O)C2)cc1C. The van der Waals surface area contributed by atoms with Crippen molar-refractivity contribution in [3.63, 3.8) is 0 Å². The van der Waals surface area contributed by atoms with Gasteiger partial charge in [0, 0.05) is 25.1 Å². The van der Waals surface area contributed by atoms with E-state index in [4.69, 9.17) is 4.42 Å². The number of carbonyl (C=O) groups is 2. The van der Waals surface area contributed by atoms with Crippen molar-refractivity contribution in [2.75, 3.05) is 20.2 Å². The maximum atomic E-state index is 11.5. The summed E-state index contributed by atoms with van der Waals surface area (Å²) in [6.07, 6.45) is 2.04. The third kappa shape index (κ3) is 4.07. The van der Waals surface area contributed by atoms with Gasteiger partial charge in [-0.15, -0.1) is 0 Å². The zero-order valence-corrected chi connectivity index (χ0v) is 12.8. The molecule has 1 amide bonds. The van der Waals surface area contributed by atoms with Gasteiger partial charge < -0.3 is 14.5 Å². The molecule has 0 aromatic carbocycles. The predicted octanol–water partition coefficient (Wildman–Crippen LogP) is 1.48. The van der Waals surface area contributed by atoms with Crippen molar-refractivity contribution in [3.8, 4) is 0 Å². The van der Waals surface area contributed by atoms with Gasteiger partial charge in [-0.3, -0.25) is 9.69 Å². The third-order valence-corrected chi connectivity index (χ3v) is 3.63. The Balaban J connectivity index is 1.98. The van der Waals surface area contributed by atoms with E-state index in [0.29, 0.717) is 6.54 Å². The Labute approximate surface area is 124 Å². The summed E-state index contributed by atoms with van der Waals surface area (Å²) in [6.45, 7) is 5.76. The van der Waals surface area contributed by atoms with E-state index >= 15 is 0 Å². The number of likely N-dealkylation sites (tertiary alicyclic amines) is 1. The number of piperidine rings is 1. The van der Waals surface area contributed by atoms with Gasteiger partial charge in [0.05, 0.1) is 13.7 Å². The summed E-state index contributed by atoms with van der Waals surface area (Å²) in [4.78, 5) is 24.9. The standard InChI is InChI=1S/C15H22N2O4/c1-10-7-13(21-14(10)15(19)20-3)9-17-6-4-5-12(8-17)16-11(2)18/h7,12H,4-6,8-9H2,1-3H3,(H,16,18)/t12-/m0/s1. The highest BCUT2D eigenvalue weighted by molar-refractivity contribution is 5.87. The molecule has 0 radical (unpaired) electrons. The lowest BCUT2D eigenvalue weighted by Gasteiger charge is -2.32. The quantitative estimate of drug-likeness (QED) is 0.852. The number of rotatable bonds is 4. The van der Waals surface area contributed by atoms with E-state index in [1.165, 1.54) is 14.0 Å². The van der Waals surface area contributed by atoms with Crippen molar-refractivity contribution >= 4 is 11.9 Å². The number of furan rings is 1. The number of hydrogen-bond acceptors (Lipinski definition) is 5. The van der Waals surface area contributed by atoms with E-state index in [0.717, 1.165) is 37.3 Å². The first-order valence-electron chi connectivity index (χ1n) is 7.16. The van der Waals surface area contributed by atoms with E-state index in [9.17, 15) is 9.59 Å². The fraction of sp³-hybridized carbons (Fsp3) is 0.600. The van der Waals surface area contributed by atoms with Gasteiger partial charge in [-0.2, -0.15) is 0 Å². The van der Waals surface area contributed by atoms with Crippen LogP contribution in [0.2, 0.25) is 0 Å². The number of aryl methyl sites for hydroxylation is 1. The van der Waals surface area contributed by atoms with Crippen molar-refractivity contribution in [2.24, 2.45) is 0 Å². The number of nitrogens with one attached hydrogen (secondary N) is 1. The van der Waals surface area contributed by atoms with E-state index < -0.39 is 5.97 Å². The highest BCUT2D eigenvalue weighted by Crippen LogP contribution is 2.19. The third-order valence-electron chi connectivity index (χ3n) is 3.63. The van der Waals surface area contributed by atoms with Crippen molar-refractivity contribution < 1.29 is 18.7 Å². The lowest BCUT2D eigenvalue weighted by Crippen LogP contribution is -2.46. The summed E-state index contributed by atoms with van der Waals surface area (Å²) in [6, 6.07) is 2.06. The van der Waals surface area contributed by atoms with Crippen LogP contribution in [0.1, 0.15) is 41.6 Å². The number of amides is 1. The molecule has 1 aromatic rings. The first-order valence-corrected chi connectivity index (χ1v) is 7.16. The molecule has 1 saturated heterocycles. The van der Waals surface area contributed by atoms with Gasteiger partial charge >= 0.3 is 5.97 Å². The predicted molar refractivity (Wildman–Crippen MR) is 76.9 cm³/mol. The second-order valence-corrected chi connectivity index (χ2v) is 5.49. The molecule has 1 fully saturated rings. The molecule has 116 valence electrons. The zero-order valence-electron chi connectivity index (χ0n) is 12.8. The Bertz CT molecular complexity index is 524. The molecule has 2 heterocycles. The molecule has 1 N–H and O–H groups in total. The fourth-order valence-corrected chi connectivity index (χ4v) is 2.75. The minimum absolute atomic E-state index is 0.00340. The largest absolute Gasteiger partial charge is 0.463 e. The lowest BCUT2D eigenvalue weighted by atomic mass is 10.1. The van der Waals surface area contributed by atoms with Gasteiger partial charge in [0.25, 0.3) is 0 Å². The van der Waals surface area contributed by atoms with Crippen LogP contribution in [0.3, 0.4) is 0 Å². The van der Waals surface area contributed by atoms with Gasteiger partial charge in [-0.05, 0) is 32.4 Å². The highest BCUT2D eigenvalue weighted by atomic mass is 16.5. The van der Waals surface area contributed by atoms with Crippen LogP contribution in [0.5, 0.6) is 0 Å². The van der Waals surface area contributed by atoms with Crippen molar-refractivity contribution in [2.45, 2.75) is 39.3 Å². The van der Waals surface area contributed by atoms with Crippen LogP contribution in [0.25, 0.3) is 0 Å². The van der Waals surface area contributed by atoms with Crippen molar-refractivity contribution in [3.05, 3.63) is 23.2 Å². The first-order chi connectivity index (χ1) is 9.99. The number of carbonyl (C=O) groups excluding carboxylic acids is 2. The molecule has 0 aliphatic carbocycles. The van der Waals surface area contributed by atoms with Crippen LogP contribution in [-0.4, -0.2) is 43.0 Å². The monoisotopic (exact) mass is 294 g/mol. The van der Waals surface area contributed by atoms with Crippen LogP contribution in [0, 0.1) is 6.92 Å². The number of esters is 1. The molecular weight excluding hydrogens is 272 g/mol. The molecule has 1 aliphatic rings. The molecule has 0 spiro atoms. The van der Waals surface area contributed by atoms with Gasteiger partial charge in [-0.25, -0.2) is 4.79 Å². The van der Waals surface area contributed by atoms with Crippen LogP contribution >= 0.6 is 0 Å². The summed E-state index contributed by atoms with van der Waals surface area (Å²) in [5.41, 5.74) is 0.785. The zero-order chi connectivity index (χ0) is 15.4. The van der Waals surface area contributed by atoms with Gasteiger partial charge in [0.2, 0.25) is 11.7 Å². The Morgan fingerprint density at radius 2 is 2.29 bits per heavy atom. The molecule has 6 heteroatoms. The normalized spacial score (nSPS) is 19.3. The van der Waals surface area contributed by atoms with Gasteiger partial charge in [-0.1, -0.05) is 0 Å².